The molecule has 29 heavy (non-hydrogen) atoms. The second-order valence-corrected chi connectivity index (χ2v) is 6.14. The molecule has 0 spiro atoms. The van der Waals surface area contributed by atoms with E-state index in [0.717, 1.165) is 0 Å². The highest BCUT2D eigenvalue weighted by Crippen LogP contribution is 2.34. The molecule has 146 valence electrons. The van der Waals surface area contributed by atoms with E-state index in [1.807, 2.05) is 30.3 Å². The molecule has 3 aromatic carbocycles. The molecule has 7 heteroatoms. The van der Waals surface area contributed by atoms with Gasteiger partial charge in [0.05, 0.1) is 5.56 Å². The Labute approximate surface area is 166 Å². The number of benzene rings is 3. The summed E-state index contributed by atoms with van der Waals surface area (Å²) in [5.74, 6) is 1.23. The van der Waals surface area contributed by atoms with Gasteiger partial charge in [0.15, 0.2) is 18.1 Å². The minimum absolute atomic E-state index is 0.150. The molecule has 1 heterocycles. The van der Waals surface area contributed by atoms with Crippen LogP contribution in [-0.2, 0) is 9.53 Å². The van der Waals surface area contributed by atoms with Crippen LogP contribution in [-0.4, -0.2) is 25.3 Å². The van der Waals surface area contributed by atoms with Crippen LogP contribution in [0, 0.1) is 0 Å². The van der Waals surface area contributed by atoms with Crippen LogP contribution < -0.4 is 19.5 Å². The lowest BCUT2D eigenvalue weighted by molar-refractivity contribution is -0.119. The lowest BCUT2D eigenvalue weighted by atomic mass is 10.2. The number of ether oxygens (including phenoxy) is 4. The Morgan fingerprint density at radius 2 is 1.66 bits per heavy atom. The average molecular weight is 391 g/mol. The zero-order valence-corrected chi connectivity index (χ0v) is 15.3. The monoisotopic (exact) mass is 391 g/mol. The first-order chi connectivity index (χ1) is 14.2. The second-order valence-electron chi connectivity index (χ2n) is 6.14. The first-order valence-electron chi connectivity index (χ1n) is 8.87. The molecule has 3 aromatic rings. The van der Waals surface area contributed by atoms with E-state index < -0.39 is 18.5 Å². The number of carbonyl (C=O) groups excluding carboxylic acids is 2. The van der Waals surface area contributed by atoms with E-state index in [1.165, 1.54) is 0 Å². The molecule has 0 unspecified atom stereocenters. The van der Waals surface area contributed by atoms with Crippen molar-refractivity contribution in [1.82, 2.24) is 0 Å². The van der Waals surface area contributed by atoms with Crippen molar-refractivity contribution >= 4 is 17.6 Å². The quantitative estimate of drug-likeness (QED) is 0.640. The maximum absolute atomic E-state index is 12.3. The molecule has 0 aliphatic carbocycles. The van der Waals surface area contributed by atoms with Gasteiger partial charge in [0.1, 0.15) is 11.5 Å². The first kappa shape index (κ1) is 18.4. The van der Waals surface area contributed by atoms with Crippen LogP contribution in [0.15, 0.2) is 72.8 Å². The summed E-state index contributed by atoms with van der Waals surface area (Å²) in [7, 11) is 0. The van der Waals surface area contributed by atoms with E-state index in [4.69, 9.17) is 18.9 Å². The lowest BCUT2D eigenvalue weighted by Crippen LogP contribution is -2.20. The number of carbonyl (C=O) groups is 2. The standard InChI is InChI=1S/C22H17NO6/c24-21(23-16-9-10-19-20(12-16)28-14-27-19)13-26-22(25)15-5-4-8-18(11-15)29-17-6-2-1-3-7-17/h1-12H,13-14H2,(H,23,24). The molecule has 0 saturated heterocycles. The molecule has 0 saturated carbocycles. The molecule has 1 amide bonds. The molecule has 4 rings (SSSR count). The zero-order valence-electron chi connectivity index (χ0n) is 15.3. The predicted octanol–water partition coefficient (Wildman–Crippen LogP) is 4.00. The molecule has 0 atom stereocenters. The molecule has 0 aromatic heterocycles. The van der Waals surface area contributed by atoms with Crippen LogP contribution in [0.4, 0.5) is 5.69 Å². The van der Waals surface area contributed by atoms with Crippen LogP contribution in [0.3, 0.4) is 0 Å². The topological polar surface area (TPSA) is 83.1 Å². The van der Waals surface area contributed by atoms with Crippen LogP contribution >= 0.6 is 0 Å². The number of amides is 1. The van der Waals surface area contributed by atoms with Gasteiger partial charge in [0.2, 0.25) is 6.79 Å². The molecular formula is C22H17NO6. The fraction of sp³-hybridized carbons (Fsp3) is 0.0909. The number of hydrogen-bond acceptors (Lipinski definition) is 6. The minimum atomic E-state index is -0.621. The summed E-state index contributed by atoms with van der Waals surface area (Å²) in [6.07, 6.45) is 0. The van der Waals surface area contributed by atoms with Gasteiger partial charge >= 0.3 is 5.97 Å². The molecule has 0 bridgehead atoms. The first-order valence-corrected chi connectivity index (χ1v) is 8.87. The third-order valence-corrected chi connectivity index (χ3v) is 4.04. The normalized spacial score (nSPS) is 11.6. The highest BCUT2D eigenvalue weighted by Gasteiger charge is 2.15. The number of nitrogens with one attached hydrogen (secondary N) is 1. The SMILES string of the molecule is O=C(COC(=O)c1cccc(Oc2ccccc2)c1)Nc1ccc2c(c1)OCO2. The number of para-hydroxylation sites is 1. The maximum atomic E-state index is 12.3. The molecule has 0 radical (unpaired) electrons. The number of hydrogen-bond donors (Lipinski definition) is 1. The molecule has 7 nitrogen and oxygen atoms in total. The van der Waals surface area contributed by atoms with Crippen molar-refractivity contribution in [3.05, 3.63) is 78.4 Å². The minimum Gasteiger partial charge on any atom is -0.457 e. The van der Waals surface area contributed by atoms with E-state index in [0.29, 0.717) is 28.7 Å². The van der Waals surface area contributed by atoms with Gasteiger partial charge in [-0.15, -0.1) is 0 Å². The summed E-state index contributed by atoms with van der Waals surface area (Å²) in [6.45, 7) is -0.269. The van der Waals surface area contributed by atoms with E-state index in [1.54, 1.807) is 42.5 Å². The third kappa shape index (κ3) is 4.65. The molecule has 0 fully saturated rings. The van der Waals surface area contributed by atoms with E-state index in [9.17, 15) is 9.59 Å². The van der Waals surface area contributed by atoms with Gasteiger partial charge in [-0.25, -0.2) is 4.79 Å². The Morgan fingerprint density at radius 1 is 0.862 bits per heavy atom. The van der Waals surface area contributed by atoms with Crippen LogP contribution in [0.25, 0.3) is 0 Å². The lowest BCUT2D eigenvalue weighted by Gasteiger charge is -2.09. The summed E-state index contributed by atoms with van der Waals surface area (Å²) in [6, 6.07) is 20.8. The van der Waals surface area contributed by atoms with Gasteiger partial charge in [0.25, 0.3) is 5.91 Å². The van der Waals surface area contributed by atoms with Crippen molar-refractivity contribution in [1.29, 1.82) is 0 Å². The number of fused-ring (bicyclic) bond motifs is 1. The third-order valence-electron chi connectivity index (χ3n) is 4.04. The van der Waals surface area contributed by atoms with Crippen molar-refractivity contribution in [2.75, 3.05) is 18.7 Å². The maximum Gasteiger partial charge on any atom is 0.338 e. The molecular weight excluding hydrogens is 374 g/mol. The van der Waals surface area contributed by atoms with Crippen LogP contribution in [0.1, 0.15) is 10.4 Å². The number of rotatable bonds is 6. The fourth-order valence-corrected chi connectivity index (χ4v) is 2.70. The Balaban J connectivity index is 1.32. The summed E-state index contributed by atoms with van der Waals surface area (Å²) in [4.78, 5) is 24.3. The summed E-state index contributed by atoms with van der Waals surface area (Å²) in [5, 5.41) is 2.65. The predicted molar refractivity (Wildman–Crippen MR) is 104 cm³/mol. The van der Waals surface area contributed by atoms with E-state index in [2.05, 4.69) is 5.32 Å². The molecule has 1 N–H and O–H groups in total. The van der Waals surface area contributed by atoms with Gasteiger partial charge in [-0.2, -0.15) is 0 Å². The van der Waals surface area contributed by atoms with E-state index >= 15 is 0 Å². The van der Waals surface area contributed by atoms with Crippen LogP contribution in [0.2, 0.25) is 0 Å². The van der Waals surface area contributed by atoms with Crippen molar-refractivity contribution in [2.24, 2.45) is 0 Å². The van der Waals surface area contributed by atoms with Gasteiger partial charge in [-0.3, -0.25) is 4.79 Å². The van der Waals surface area contributed by atoms with Crippen molar-refractivity contribution < 1.29 is 28.5 Å². The van der Waals surface area contributed by atoms with Gasteiger partial charge in [0, 0.05) is 11.8 Å². The fourth-order valence-electron chi connectivity index (χ4n) is 2.70. The highest BCUT2D eigenvalue weighted by atomic mass is 16.7. The van der Waals surface area contributed by atoms with Gasteiger partial charge in [-0.05, 0) is 42.5 Å². The summed E-state index contributed by atoms with van der Waals surface area (Å²) in [5.41, 5.74) is 0.808. The zero-order chi connectivity index (χ0) is 20.1. The average Bonchev–Trinajstić information content (AvgIpc) is 3.21. The Kier molecular flexibility index (Phi) is 5.29. The Hall–Kier alpha value is -4.00. The Morgan fingerprint density at radius 3 is 2.52 bits per heavy atom. The van der Waals surface area contributed by atoms with Crippen LogP contribution in [0.5, 0.6) is 23.0 Å². The van der Waals surface area contributed by atoms with Gasteiger partial charge < -0.3 is 24.3 Å². The number of anilines is 1. The van der Waals surface area contributed by atoms with Gasteiger partial charge in [-0.1, -0.05) is 24.3 Å². The molecule has 1 aliphatic rings. The van der Waals surface area contributed by atoms with Crippen molar-refractivity contribution in [2.45, 2.75) is 0 Å². The second kappa shape index (κ2) is 8.35. The Bertz CT molecular complexity index is 1030. The van der Waals surface area contributed by atoms with E-state index in [-0.39, 0.29) is 12.4 Å². The number of esters is 1. The smallest absolute Gasteiger partial charge is 0.338 e. The highest BCUT2D eigenvalue weighted by molar-refractivity contribution is 5.95. The molecule has 1 aliphatic heterocycles. The van der Waals surface area contributed by atoms with Crippen molar-refractivity contribution in [3.8, 4) is 23.0 Å². The largest absolute Gasteiger partial charge is 0.457 e. The summed E-state index contributed by atoms with van der Waals surface area (Å²) >= 11 is 0. The summed E-state index contributed by atoms with van der Waals surface area (Å²) < 4.78 is 21.3. The van der Waals surface area contributed by atoms with Crippen molar-refractivity contribution in [3.63, 3.8) is 0 Å².